The third kappa shape index (κ3) is 5.13. The summed E-state index contributed by atoms with van der Waals surface area (Å²) in [5.74, 6) is -1.76. The van der Waals surface area contributed by atoms with Gasteiger partial charge in [0.25, 0.3) is 0 Å². The van der Waals surface area contributed by atoms with Gasteiger partial charge in [-0.05, 0) is 36.7 Å². The van der Waals surface area contributed by atoms with Crippen molar-refractivity contribution in [2.45, 2.75) is 24.9 Å². The molecule has 0 unspecified atom stereocenters. The van der Waals surface area contributed by atoms with Crippen molar-refractivity contribution in [2.75, 3.05) is 13.1 Å². The van der Waals surface area contributed by atoms with Crippen molar-refractivity contribution in [3.63, 3.8) is 0 Å². The van der Waals surface area contributed by atoms with Gasteiger partial charge in [0.1, 0.15) is 11.6 Å². The number of likely N-dealkylation sites (tertiary alicyclic amines) is 1. The summed E-state index contributed by atoms with van der Waals surface area (Å²) in [4.78, 5) is 13.1. The Labute approximate surface area is 163 Å². The van der Waals surface area contributed by atoms with Crippen LogP contribution in [0.2, 0.25) is 0 Å². The SMILES string of the molecule is Cl.Cl.O=[N+]([O-])[C@@H]1CN(Cc2ccccc2)CC[C@H]1c1cc(F)ccc1F. The van der Waals surface area contributed by atoms with E-state index in [4.69, 9.17) is 0 Å². The minimum atomic E-state index is -0.946. The fourth-order valence-corrected chi connectivity index (χ4v) is 3.36. The van der Waals surface area contributed by atoms with E-state index < -0.39 is 23.6 Å². The van der Waals surface area contributed by atoms with Crippen LogP contribution in [0.4, 0.5) is 8.78 Å². The van der Waals surface area contributed by atoms with Crippen molar-refractivity contribution in [3.05, 3.63) is 81.4 Å². The highest BCUT2D eigenvalue weighted by Crippen LogP contribution is 2.32. The van der Waals surface area contributed by atoms with Crippen LogP contribution in [0.3, 0.4) is 0 Å². The molecule has 1 fully saturated rings. The second-order valence-electron chi connectivity index (χ2n) is 6.13. The Morgan fingerprint density at radius 3 is 2.46 bits per heavy atom. The minimum Gasteiger partial charge on any atom is -0.292 e. The fourth-order valence-electron chi connectivity index (χ4n) is 3.36. The summed E-state index contributed by atoms with van der Waals surface area (Å²) in [6.45, 7) is 1.45. The topological polar surface area (TPSA) is 46.4 Å². The van der Waals surface area contributed by atoms with E-state index >= 15 is 0 Å². The molecule has 2 aromatic rings. The van der Waals surface area contributed by atoms with Crippen LogP contribution in [-0.2, 0) is 6.54 Å². The van der Waals surface area contributed by atoms with Crippen LogP contribution in [0.5, 0.6) is 0 Å². The molecule has 0 amide bonds. The maximum atomic E-state index is 14.0. The molecule has 26 heavy (non-hydrogen) atoms. The van der Waals surface area contributed by atoms with E-state index in [0.717, 1.165) is 23.8 Å². The van der Waals surface area contributed by atoms with Crippen molar-refractivity contribution in [2.24, 2.45) is 0 Å². The summed E-state index contributed by atoms with van der Waals surface area (Å²) >= 11 is 0. The van der Waals surface area contributed by atoms with Crippen LogP contribution in [0.25, 0.3) is 0 Å². The number of benzene rings is 2. The van der Waals surface area contributed by atoms with Crippen LogP contribution in [0, 0.1) is 21.7 Å². The average molecular weight is 405 g/mol. The van der Waals surface area contributed by atoms with Gasteiger partial charge in [-0.3, -0.25) is 15.0 Å². The zero-order chi connectivity index (χ0) is 17.1. The average Bonchev–Trinajstić information content (AvgIpc) is 2.58. The Hall–Kier alpha value is -1.76. The van der Waals surface area contributed by atoms with Gasteiger partial charge >= 0.3 is 0 Å². The monoisotopic (exact) mass is 404 g/mol. The molecule has 4 nitrogen and oxygen atoms in total. The molecular weight excluding hydrogens is 385 g/mol. The summed E-state index contributed by atoms with van der Waals surface area (Å²) < 4.78 is 27.5. The van der Waals surface area contributed by atoms with Crippen LogP contribution >= 0.6 is 24.8 Å². The molecule has 1 aliphatic rings. The second kappa shape index (κ2) is 9.80. The lowest BCUT2D eigenvalue weighted by Gasteiger charge is -2.34. The number of hydrogen-bond acceptors (Lipinski definition) is 3. The van der Waals surface area contributed by atoms with Crippen LogP contribution in [-0.4, -0.2) is 29.0 Å². The quantitative estimate of drug-likeness (QED) is 0.558. The predicted octanol–water partition coefficient (Wildman–Crippen LogP) is 4.44. The maximum Gasteiger partial charge on any atom is 0.232 e. The molecule has 3 rings (SSSR count). The highest BCUT2D eigenvalue weighted by atomic mass is 35.5. The highest BCUT2D eigenvalue weighted by molar-refractivity contribution is 5.85. The second-order valence-corrected chi connectivity index (χ2v) is 6.13. The third-order valence-corrected chi connectivity index (χ3v) is 4.54. The summed E-state index contributed by atoms with van der Waals surface area (Å²) in [6.07, 6.45) is 0.429. The van der Waals surface area contributed by atoms with E-state index in [0.29, 0.717) is 19.5 Å². The molecule has 8 heteroatoms. The van der Waals surface area contributed by atoms with Gasteiger partial charge < -0.3 is 0 Å². The van der Waals surface area contributed by atoms with Gasteiger partial charge in [0.2, 0.25) is 6.04 Å². The molecule has 0 bridgehead atoms. The molecule has 0 spiro atoms. The molecule has 1 saturated heterocycles. The summed E-state index contributed by atoms with van der Waals surface area (Å²) in [6, 6.07) is 11.9. The van der Waals surface area contributed by atoms with Gasteiger partial charge in [-0.15, -0.1) is 24.8 Å². The van der Waals surface area contributed by atoms with Gasteiger partial charge in [-0.1, -0.05) is 30.3 Å². The molecule has 2 aromatic carbocycles. The molecule has 142 valence electrons. The summed E-state index contributed by atoms with van der Waals surface area (Å²) in [5.41, 5.74) is 1.19. The lowest BCUT2D eigenvalue weighted by atomic mass is 9.85. The first-order valence-electron chi connectivity index (χ1n) is 7.89. The molecule has 0 aliphatic carbocycles. The Morgan fingerprint density at radius 1 is 1.12 bits per heavy atom. The summed E-state index contributed by atoms with van der Waals surface area (Å²) in [7, 11) is 0. The van der Waals surface area contributed by atoms with Gasteiger partial charge in [-0.2, -0.15) is 0 Å². The van der Waals surface area contributed by atoms with Crippen molar-refractivity contribution < 1.29 is 13.7 Å². The smallest absolute Gasteiger partial charge is 0.232 e. The van der Waals surface area contributed by atoms with E-state index in [-0.39, 0.29) is 41.8 Å². The zero-order valence-electron chi connectivity index (χ0n) is 13.9. The van der Waals surface area contributed by atoms with Crippen LogP contribution in [0.1, 0.15) is 23.5 Å². The first-order chi connectivity index (χ1) is 11.5. The van der Waals surface area contributed by atoms with Crippen LogP contribution in [0.15, 0.2) is 48.5 Å². The van der Waals surface area contributed by atoms with Crippen molar-refractivity contribution in [1.29, 1.82) is 0 Å². The number of nitro groups is 1. The molecule has 2 atom stereocenters. The van der Waals surface area contributed by atoms with E-state index in [9.17, 15) is 18.9 Å². The van der Waals surface area contributed by atoms with E-state index in [1.165, 1.54) is 0 Å². The van der Waals surface area contributed by atoms with E-state index in [1.54, 1.807) is 0 Å². The van der Waals surface area contributed by atoms with E-state index in [2.05, 4.69) is 0 Å². The number of halogens is 4. The molecule has 0 aromatic heterocycles. The first kappa shape index (κ1) is 22.3. The normalized spacial score (nSPS) is 19.9. The Balaban J connectivity index is 0.00000169. The largest absolute Gasteiger partial charge is 0.292 e. The predicted molar refractivity (Wildman–Crippen MR) is 101 cm³/mol. The van der Waals surface area contributed by atoms with Gasteiger partial charge in [0, 0.05) is 17.0 Å². The highest BCUT2D eigenvalue weighted by Gasteiger charge is 2.39. The third-order valence-electron chi connectivity index (χ3n) is 4.54. The number of rotatable bonds is 4. The van der Waals surface area contributed by atoms with Crippen LogP contribution < -0.4 is 0 Å². The number of piperidine rings is 1. The van der Waals surface area contributed by atoms with Crippen molar-refractivity contribution >= 4 is 24.8 Å². The van der Waals surface area contributed by atoms with Crippen molar-refractivity contribution in [3.8, 4) is 0 Å². The van der Waals surface area contributed by atoms with Gasteiger partial charge in [0.05, 0.1) is 12.5 Å². The zero-order valence-corrected chi connectivity index (χ0v) is 15.5. The van der Waals surface area contributed by atoms with Gasteiger partial charge in [0.15, 0.2) is 0 Å². The molecule has 0 saturated carbocycles. The fraction of sp³-hybridized carbons (Fsp3) is 0.333. The number of nitrogens with zero attached hydrogens (tertiary/aromatic N) is 2. The standard InChI is InChI=1S/C18H18F2N2O2.2ClH/c19-14-6-7-17(20)16(10-14)15-8-9-21(12-18(15)22(23)24)11-13-4-2-1-3-5-13;;/h1-7,10,15,18H,8-9,11-12H2;2*1H/t15-,18+;;/m0../s1. The number of hydrogen-bond donors (Lipinski definition) is 0. The molecule has 1 heterocycles. The Morgan fingerprint density at radius 2 is 1.81 bits per heavy atom. The van der Waals surface area contributed by atoms with Gasteiger partial charge in [-0.25, -0.2) is 8.78 Å². The maximum absolute atomic E-state index is 14.0. The van der Waals surface area contributed by atoms with E-state index in [1.807, 2.05) is 35.2 Å². The molecule has 1 aliphatic heterocycles. The Bertz CT molecular complexity index is 734. The van der Waals surface area contributed by atoms with Crippen molar-refractivity contribution in [1.82, 2.24) is 4.90 Å². The summed E-state index contributed by atoms with van der Waals surface area (Å²) in [5, 5.41) is 11.5. The lowest BCUT2D eigenvalue weighted by Crippen LogP contribution is -2.46. The minimum absolute atomic E-state index is 0. The lowest BCUT2D eigenvalue weighted by molar-refractivity contribution is -0.530. The first-order valence-corrected chi connectivity index (χ1v) is 7.89. The molecule has 0 radical (unpaired) electrons. The Kier molecular flexibility index (Phi) is 8.40. The molecular formula is C18H20Cl2F2N2O2. The molecule has 0 N–H and O–H groups in total.